The number of aryl methyl sites for hydroxylation is 3. The van der Waals surface area contributed by atoms with E-state index in [0.29, 0.717) is 58.7 Å². The summed E-state index contributed by atoms with van der Waals surface area (Å²) in [4.78, 5) is 26.3. The molecule has 344 valence electrons. The standard InChI is InChI=1S/C55H72N2O7/c1-6-8-10-12-14-16-18-20-22-24-36-60-47-31-33-49(41(3)39-47)54(58)62-46-29-26-44(27-30-46)52-56-57-53(64-52)45-28-35-51(43(5)38-45)63-55(59)50-34-32-48(40-42(50)4)61-37-25-23-21-19-17-15-13-11-9-7-2/h26-35,38-40H,6-25,36-37H2,1-5H3. The normalized spacial score (nSPS) is 11.1. The van der Waals surface area contributed by atoms with Crippen LogP contribution >= 0.6 is 0 Å². The Morgan fingerprint density at radius 3 is 1.30 bits per heavy atom. The third-order valence-electron chi connectivity index (χ3n) is 11.7. The zero-order chi connectivity index (χ0) is 45.4. The number of carbonyl (C=O) groups excluding carboxylic acids is 2. The molecular weight excluding hydrogens is 801 g/mol. The van der Waals surface area contributed by atoms with Gasteiger partial charge in [0.15, 0.2) is 0 Å². The number of benzene rings is 4. The number of hydrogen-bond acceptors (Lipinski definition) is 9. The molecule has 0 radical (unpaired) electrons. The van der Waals surface area contributed by atoms with Crippen LogP contribution in [0.4, 0.5) is 0 Å². The lowest BCUT2D eigenvalue weighted by atomic mass is 10.1. The molecule has 0 saturated heterocycles. The van der Waals surface area contributed by atoms with E-state index >= 15 is 0 Å². The molecule has 1 aromatic heterocycles. The SMILES string of the molecule is CCCCCCCCCCCCOc1ccc(C(=O)Oc2ccc(-c3nnc(-c4ccc(OC(=O)c5ccc(OCCCCCCCCCCCC)cc5C)c(C)c4)o3)cc2)c(C)c1. The van der Waals surface area contributed by atoms with Gasteiger partial charge in [-0.25, -0.2) is 9.59 Å². The van der Waals surface area contributed by atoms with Gasteiger partial charge in [-0.3, -0.25) is 0 Å². The van der Waals surface area contributed by atoms with Gasteiger partial charge in [0.25, 0.3) is 0 Å². The zero-order valence-electron chi connectivity index (χ0n) is 39.3. The first-order chi connectivity index (χ1) is 31.2. The van der Waals surface area contributed by atoms with Gasteiger partial charge >= 0.3 is 11.9 Å². The molecule has 0 atom stereocenters. The third kappa shape index (κ3) is 16.6. The maximum atomic E-state index is 13.2. The monoisotopic (exact) mass is 873 g/mol. The number of aromatic nitrogens is 2. The molecule has 0 bridgehead atoms. The van der Waals surface area contributed by atoms with Crippen LogP contribution in [0.5, 0.6) is 23.0 Å². The van der Waals surface area contributed by atoms with Crippen molar-refractivity contribution in [3.8, 4) is 45.9 Å². The number of carbonyl (C=O) groups is 2. The second kappa shape index (κ2) is 27.7. The van der Waals surface area contributed by atoms with Gasteiger partial charge in [0.2, 0.25) is 11.8 Å². The highest BCUT2D eigenvalue weighted by Gasteiger charge is 2.18. The van der Waals surface area contributed by atoms with E-state index in [0.717, 1.165) is 41.0 Å². The second-order valence-corrected chi connectivity index (χ2v) is 17.2. The molecule has 9 heteroatoms. The molecule has 0 N–H and O–H groups in total. The van der Waals surface area contributed by atoms with Gasteiger partial charge in [-0.2, -0.15) is 0 Å². The van der Waals surface area contributed by atoms with E-state index in [-0.39, 0.29) is 0 Å². The van der Waals surface area contributed by atoms with Gasteiger partial charge in [-0.1, -0.05) is 129 Å². The fourth-order valence-corrected chi connectivity index (χ4v) is 7.80. The molecule has 5 aromatic rings. The Hall–Kier alpha value is -5.44. The van der Waals surface area contributed by atoms with E-state index in [2.05, 4.69) is 24.0 Å². The number of unbranched alkanes of at least 4 members (excludes halogenated alkanes) is 18. The summed E-state index contributed by atoms with van der Waals surface area (Å²) in [6, 6.07) is 23.3. The molecule has 9 nitrogen and oxygen atoms in total. The molecule has 5 rings (SSSR count). The van der Waals surface area contributed by atoms with Crippen LogP contribution in [0.15, 0.2) is 83.3 Å². The highest BCUT2D eigenvalue weighted by molar-refractivity contribution is 5.93. The van der Waals surface area contributed by atoms with E-state index in [1.807, 2.05) is 51.1 Å². The van der Waals surface area contributed by atoms with E-state index in [9.17, 15) is 9.59 Å². The van der Waals surface area contributed by atoms with Gasteiger partial charge in [0.05, 0.1) is 24.3 Å². The molecule has 64 heavy (non-hydrogen) atoms. The largest absolute Gasteiger partial charge is 0.494 e. The number of hydrogen-bond donors (Lipinski definition) is 0. The van der Waals surface area contributed by atoms with Crippen LogP contribution in [-0.4, -0.2) is 35.3 Å². The van der Waals surface area contributed by atoms with Crippen molar-refractivity contribution in [1.82, 2.24) is 10.2 Å². The predicted molar refractivity (Wildman–Crippen MR) is 257 cm³/mol. The summed E-state index contributed by atoms with van der Waals surface area (Å²) in [6.45, 7) is 11.5. The third-order valence-corrected chi connectivity index (χ3v) is 11.7. The Bertz CT molecular complexity index is 2160. The van der Waals surface area contributed by atoms with Crippen molar-refractivity contribution in [3.63, 3.8) is 0 Å². The van der Waals surface area contributed by atoms with Crippen LogP contribution in [0.2, 0.25) is 0 Å². The fourth-order valence-electron chi connectivity index (χ4n) is 7.80. The molecule has 0 unspecified atom stereocenters. The first-order valence-electron chi connectivity index (χ1n) is 24.2. The van der Waals surface area contributed by atoms with Crippen molar-refractivity contribution in [1.29, 1.82) is 0 Å². The van der Waals surface area contributed by atoms with Gasteiger partial charge in [0, 0.05) is 11.1 Å². The topological polar surface area (TPSA) is 110 Å². The highest BCUT2D eigenvalue weighted by atomic mass is 16.5. The lowest BCUT2D eigenvalue weighted by Gasteiger charge is -2.12. The molecule has 0 aliphatic carbocycles. The summed E-state index contributed by atoms with van der Waals surface area (Å²) in [5.41, 5.74) is 4.66. The Morgan fingerprint density at radius 2 is 0.844 bits per heavy atom. The van der Waals surface area contributed by atoms with Crippen molar-refractivity contribution >= 4 is 11.9 Å². The summed E-state index contributed by atoms with van der Waals surface area (Å²) in [5.74, 6) is 2.12. The van der Waals surface area contributed by atoms with E-state index in [1.165, 1.54) is 116 Å². The van der Waals surface area contributed by atoms with Crippen LogP contribution in [0.3, 0.4) is 0 Å². The Labute approximate surface area is 382 Å². The van der Waals surface area contributed by atoms with Gasteiger partial charge in [-0.15, -0.1) is 10.2 Å². The molecule has 0 aliphatic rings. The maximum absolute atomic E-state index is 13.2. The average molecular weight is 873 g/mol. The highest BCUT2D eigenvalue weighted by Crippen LogP contribution is 2.30. The van der Waals surface area contributed by atoms with Gasteiger partial charge < -0.3 is 23.4 Å². The second-order valence-electron chi connectivity index (χ2n) is 17.2. The van der Waals surface area contributed by atoms with Crippen LogP contribution in [0.1, 0.15) is 180 Å². The molecule has 0 spiro atoms. The average Bonchev–Trinajstić information content (AvgIpc) is 3.79. The molecule has 0 amide bonds. The van der Waals surface area contributed by atoms with Crippen molar-refractivity contribution < 1.29 is 33.0 Å². The minimum absolute atomic E-state index is 0.316. The van der Waals surface area contributed by atoms with Crippen LogP contribution in [0.25, 0.3) is 22.9 Å². The summed E-state index contributed by atoms with van der Waals surface area (Å²) in [7, 11) is 0. The van der Waals surface area contributed by atoms with Gasteiger partial charge in [-0.05, 0) is 129 Å². The Morgan fingerprint density at radius 1 is 0.438 bits per heavy atom. The molecule has 0 fully saturated rings. The lowest BCUT2D eigenvalue weighted by molar-refractivity contribution is 0.0723. The fraction of sp³-hybridized carbons (Fsp3) is 0.491. The molecule has 1 heterocycles. The number of rotatable bonds is 30. The minimum Gasteiger partial charge on any atom is -0.494 e. The quantitative estimate of drug-likeness (QED) is 0.0253. The summed E-state index contributed by atoms with van der Waals surface area (Å²) >= 11 is 0. The van der Waals surface area contributed by atoms with Crippen molar-refractivity contribution in [3.05, 3.63) is 107 Å². The van der Waals surface area contributed by atoms with Crippen LogP contribution in [-0.2, 0) is 0 Å². The summed E-state index contributed by atoms with van der Waals surface area (Å²) in [6.07, 6.45) is 25.6. The van der Waals surface area contributed by atoms with Crippen molar-refractivity contribution in [2.24, 2.45) is 0 Å². The maximum Gasteiger partial charge on any atom is 0.343 e. The lowest BCUT2D eigenvalue weighted by Crippen LogP contribution is -2.11. The zero-order valence-corrected chi connectivity index (χ0v) is 39.3. The van der Waals surface area contributed by atoms with E-state index in [4.69, 9.17) is 23.4 Å². The first kappa shape index (κ1) is 49.6. The summed E-state index contributed by atoms with van der Waals surface area (Å²) < 4.78 is 29.5. The number of ether oxygens (including phenoxy) is 4. The number of esters is 2. The first-order valence-corrected chi connectivity index (χ1v) is 24.2. The molecule has 4 aromatic carbocycles. The van der Waals surface area contributed by atoms with E-state index < -0.39 is 11.9 Å². The predicted octanol–water partition coefficient (Wildman–Crippen LogP) is 15.4. The van der Waals surface area contributed by atoms with Gasteiger partial charge in [0.1, 0.15) is 23.0 Å². The van der Waals surface area contributed by atoms with Crippen molar-refractivity contribution in [2.75, 3.05) is 13.2 Å². The number of nitrogens with zero attached hydrogens (tertiary/aromatic N) is 2. The summed E-state index contributed by atoms with van der Waals surface area (Å²) in [5, 5.41) is 8.51. The smallest absolute Gasteiger partial charge is 0.343 e. The van der Waals surface area contributed by atoms with Crippen molar-refractivity contribution in [2.45, 2.75) is 163 Å². The van der Waals surface area contributed by atoms with Crippen LogP contribution in [0, 0.1) is 20.8 Å². The minimum atomic E-state index is -0.441. The molecule has 0 aliphatic heterocycles. The molecule has 0 saturated carbocycles. The van der Waals surface area contributed by atoms with E-state index in [1.54, 1.807) is 48.5 Å². The Kier molecular flexibility index (Phi) is 21.4. The van der Waals surface area contributed by atoms with Crippen LogP contribution < -0.4 is 18.9 Å². The Balaban J connectivity index is 1.03. The molecular formula is C55H72N2O7.